The summed E-state index contributed by atoms with van der Waals surface area (Å²) in [4.78, 5) is 27.8. The molecular formula is C22H29N3O5S2. The zero-order valence-electron chi connectivity index (χ0n) is 18.1. The van der Waals surface area contributed by atoms with Gasteiger partial charge >= 0.3 is 0 Å². The van der Waals surface area contributed by atoms with E-state index in [-0.39, 0.29) is 29.9 Å². The van der Waals surface area contributed by atoms with E-state index >= 15 is 0 Å². The number of benzene rings is 1. The second-order valence-corrected chi connectivity index (χ2v) is 10.5. The van der Waals surface area contributed by atoms with E-state index in [1.54, 1.807) is 0 Å². The van der Waals surface area contributed by atoms with Gasteiger partial charge < -0.3 is 15.0 Å². The van der Waals surface area contributed by atoms with E-state index in [0.717, 1.165) is 30.6 Å². The molecule has 8 nitrogen and oxygen atoms in total. The number of nitrogens with zero attached hydrogens (tertiary/aromatic N) is 1. The van der Waals surface area contributed by atoms with E-state index in [0.29, 0.717) is 5.75 Å². The van der Waals surface area contributed by atoms with Crippen LogP contribution in [0.15, 0.2) is 46.7 Å². The predicted octanol–water partition coefficient (Wildman–Crippen LogP) is 2.51. The number of hydrogen-bond acceptors (Lipinski definition) is 6. The Morgan fingerprint density at radius 3 is 2.47 bits per heavy atom. The van der Waals surface area contributed by atoms with Crippen LogP contribution >= 0.6 is 11.3 Å². The maximum absolute atomic E-state index is 12.9. The first-order chi connectivity index (χ1) is 15.4. The van der Waals surface area contributed by atoms with Gasteiger partial charge in [0.25, 0.3) is 0 Å². The number of sulfonamides is 1. The Bertz CT molecular complexity index is 985. The van der Waals surface area contributed by atoms with Crippen LogP contribution in [0.1, 0.15) is 37.0 Å². The smallest absolute Gasteiger partial charge is 0.241 e. The largest absolute Gasteiger partial charge is 0.497 e. The minimum Gasteiger partial charge on any atom is -0.497 e. The van der Waals surface area contributed by atoms with Crippen molar-refractivity contribution in [2.75, 3.05) is 20.2 Å². The number of amides is 2. The van der Waals surface area contributed by atoms with Gasteiger partial charge in [0.05, 0.1) is 31.6 Å². The molecule has 1 aliphatic carbocycles. The third-order valence-corrected chi connectivity index (χ3v) is 7.65. The number of nitrogens with one attached hydrogen (secondary N) is 2. The molecule has 1 aliphatic rings. The Labute approximate surface area is 193 Å². The number of thiophene rings is 1. The average Bonchev–Trinajstić information content (AvgIpc) is 3.31. The monoisotopic (exact) mass is 479 g/mol. The quantitative estimate of drug-likeness (QED) is 0.545. The molecule has 1 saturated carbocycles. The van der Waals surface area contributed by atoms with Gasteiger partial charge in [-0.2, -0.15) is 0 Å². The Balaban J connectivity index is 1.62. The van der Waals surface area contributed by atoms with Crippen molar-refractivity contribution in [2.45, 2.75) is 49.6 Å². The van der Waals surface area contributed by atoms with Crippen LogP contribution in [0.5, 0.6) is 5.75 Å². The first kappa shape index (κ1) is 24.2. The Hall–Kier alpha value is -2.43. The van der Waals surface area contributed by atoms with Gasteiger partial charge in [-0.25, -0.2) is 13.1 Å². The number of ether oxygens (including phenoxy) is 1. The lowest BCUT2D eigenvalue weighted by atomic mass is 9.95. The van der Waals surface area contributed by atoms with Crippen LogP contribution in [0.3, 0.4) is 0 Å². The molecule has 0 atom stereocenters. The van der Waals surface area contributed by atoms with Crippen LogP contribution in [0.4, 0.5) is 0 Å². The highest BCUT2D eigenvalue weighted by molar-refractivity contribution is 7.89. The van der Waals surface area contributed by atoms with Crippen molar-refractivity contribution in [1.82, 2.24) is 14.9 Å². The van der Waals surface area contributed by atoms with E-state index in [1.165, 1.54) is 54.0 Å². The molecule has 1 heterocycles. The molecule has 1 aromatic carbocycles. The minimum atomic E-state index is -3.88. The van der Waals surface area contributed by atoms with E-state index in [9.17, 15) is 18.0 Å². The van der Waals surface area contributed by atoms with Crippen LogP contribution in [-0.2, 0) is 26.2 Å². The van der Waals surface area contributed by atoms with Crippen LogP contribution in [0.2, 0.25) is 0 Å². The summed E-state index contributed by atoms with van der Waals surface area (Å²) in [6, 6.07) is 9.79. The molecule has 2 N–H and O–H groups in total. The van der Waals surface area contributed by atoms with E-state index in [4.69, 9.17) is 4.74 Å². The maximum Gasteiger partial charge on any atom is 0.241 e. The standard InChI is InChI=1S/C22H29N3O5S2/c1-30-18-9-11-20(12-10-18)32(28,29)23-14-22(27)25(15-19-8-5-13-31-19)16-21(26)24-17-6-3-2-4-7-17/h5,8-13,17,23H,2-4,6-7,14-16H2,1H3,(H,24,26). The molecule has 2 aromatic rings. The second-order valence-electron chi connectivity index (χ2n) is 7.73. The van der Waals surface area contributed by atoms with Crippen LogP contribution in [-0.4, -0.2) is 51.4 Å². The fraction of sp³-hybridized carbons (Fsp3) is 0.455. The minimum absolute atomic E-state index is 0.0333. The van der Waals surface area contributed by atoms with Gasteiger partial charge in [0.1, 0.15) is 5.75 Å². The Kier molecular flexibility index (Phi) is 8.66. The lowest BCUT2D eigenvalue weighted by molar-refractivity contribution is -0.136. The van der Waals surface area contributed by atoms with Gasteiger partial charge in [0.2, 0.25) is 21.8 Å². The molecule has 32 heavy (non-hydrogen) atoms. The highest BCUT2D eigenvalue weighted by atomic mass is 32.2. The van der Waals surface area contributed by atoms with E-state index in [2.05, 4.69) is 10.0 Å². The fourth-order valence-electron chi connectivity index (χ4n) is 3.62. The number of carbonyl (C=O) groups excluding carboxylic acids is 2. The number of hydrogen-bond donors (Lipinski definition) is 2. The molecular weight excluding hydrogens is 450 g/mol. The van der Waals surface area contributed by atoms with Crippen molar-refractivity contribution in [1.29, 1.82) is 0 Å². The Morgan fingerprint density at radius 2 is 1.84 bits per heavy atom. The summed E-state index contributed by atoms with van der Waals surface area (Å²) in [5.74, 6) is -0.153. The lowest BCUT2D eigenvalue weighted by Crippen LogP contribution is -2.47. The zero-order chi connectivity index (χ0) is 23.0. The molecule has 0 saturated heterocycles. The molecule has 0 bridgehead atoms. The molecule has 0 unspecified atom stereocenters. The summed E-state index contributed by atoms with van der Waals surface area (Å²) in [6.07, 6.45) is 5.27. The Morgan fingerprint density at radius 1 is 1.12 bits per heavy atom. The molecule has 0 spiro atoms. The third kappa shape index (κ3) is 7.04. The highest BCUT2D eigenvalue weighted by Crippen LogP contribution is 2.18. The fourth-order valence-corrected chi connectivity index (χ4v) is 5.32. The van der Waals surface area contributed by atoms with Gasteiger partial charge in [-0.3, -0.25) is 9.59 Å². The first-order valence-corrected chi connectivity index (χ1v) is 13.0. The van der Waals surface area contributed by atoms with Crippen molar-refractivity contribution >= 4 is 33.2 Å². The summed E-state index contributed by atoms with van der Waals surface area (Å²) < 4.78 is 32.5. The van der Waals surface area contributed by atoms with Gasteiger partial charge in [0.15, 0.2) is 0 Å². The van der Waals surface area contributed by atoms with Gasteiger partial charge in [-0.1, -0.05) is 25.3 Å². The normalized spacial score (nSPS) is 14.7. The van der Waals surface area contributed by atoms with E-state index in [1.807, 2.05) is 17.5 Å². The topological polar surface area (TPSA) is 105 Å². The van der Waals surface area contributed by atoms with Crippen molar-refractivity contribution in [3.8, 4) is 5.75 Å². The van der Waals surface area contributed by atoms with Gasteiger partial charge in [-0.15, -0.1) is 11.3 Å². The molecule has 0 radical (unpaired) electrons. The summed E-state index contributed by atoms with van der Waals surface area (Å²) in [5, 5.41) is 4.91. The van der Waals surface area contributed by atoms with Gasteiger partial charge in [0, 0.05) is 10.9 Å². The summed E-state index contributed by atoms with van der Waals surface area (Å²) >= 11 is 1.48. The van der Waals surface area contributed by atoms with Crippen LogP contribution in [0.25, 0.3) is 0 Å². The SMILES string of the molecule is COc1ccc(S(=O)(=O)NCC(=O)N(CC(=O)NC2CCCCC2)Cc2cccs2)cc1. The molecule has 174 valence electrons. The number of carbonyl (C=O) groups is 2. The second kappa shape index (κ2) is 11.4. The van der Waals surface area contributed by atoms with Crippen molar-refractivity contribution in [3.63, 3.8) is 0 Å². The number of methoxy groups -OCH3 is 1. The molecule has 2 amide bonds. The average molecular weight is 480 g/mol. The van der Waals surface area contributed by atoms with Crippen molar-refractivity contribution < 1.29 is 22.7 Å². The predicted molar refractivity (Wildman–Crippen MR) is 123 cm³/mol. The van der Waals surface area contributed by atoms with Crippen LogP contribution in [0, 0.1) is 0 Å². The molecule has 1 aromatic heterocycles. The first-order valence-electron chi connectivity index (χ1n) is 10.6. The maximum atomic E-state index is 12.9. The molecule has 1 fully saturated rings. The van der Waals surface area contributed by atoms with Crippen molar-refractivity contribution in [2.24, 2.45) is 0 Å². The summed E-state index contributed by atoms with van der Waals surface area (Å²) in [7, 11) is -2.38. The zero-order valence-corrected chi connectivity index (χ0v) is 19.7. The van der Waals surface area contributed by atoms with Crippen molar-refractivity contribution in [3.05, 3.63) is 46.7 Å². The lowest BCUT2D eigenvalue weighted by Gasteiger charge is -2.26. The molecule has 10 heteroatoms. The van der Waals surface area contributed by atoms with E-state index < -0.39 is 22.5 Å². The third-order valence-electron chi connectivity index (χ3n) is 5.37. The van der Waals surface area contributed by atoms with Crippen LogP contribution < -0.4 is 14.8 Å². The highest BCUT2D eigenvalue weighted by Gasteiger charge is 2.23. The van der Waals surface area contributed by atoms with Gasteiger partial charge in [-0.05, 0) is 48.6 Å². The number of rotatable bonds is 10. The molecule has 0 aliphatic heterocycles. The summed E-state index contributed by atoms with van der Waals surface area (Å²) in [5.41, 5.74) is 0. The molecule has 3 rings (SSSR count). The summed E-state index contributed by atoms with van der Waals surface area (Å²) in [6.45, 7) is -0.299.